The van der Waals surface area contributed by atoms with Crippen LogP contribution in [-0.4, -0.2) is 20.1 Å². The summed E-state index contributed by atoms with van der Waals surface area (Å²) in [5.41, 5.74) is 7.94. The minimum atomic E-state index is -1.68. The average Bonchev–Trinajstić information content (AvgIpc) is 2.39. The van der Waals surface area contributed by atoms with E-state index in [1.165, 1.54) is 24.4 Å². The van der Waals surface area contributed by atoms with Crippen LogP contribution in [0.3, 0.4) is 0 Å². The fraction of sp³-hybridized carbons (Fsp3) is 0.600. The predicted octanol–water partition coefficient (Wildman–Crippen LogP) is 3.26. The molecule has 1 aliphatic rings. The maximum atomic E-state index is 6.44. The molecule has 0 saturated carbocycles. The van der Waals surface area contributed by atoms with Crippen molar-refractivity contribution in [2.24, 2.45) is 5.73 Å². The van der Waals surface area contributed by atoms with Crippen molar-refractivity contribution < 1.29 is 4.43 Å². The van der Waals surface area contributed by atoms with Crippen LogP contribution in [0.2, 0.25) is 12.6 Å². The lowest BCUT2D eigenvalue weighted by molar-refractivity contribution is 0.153. The quantitative estimate of drug-likeness (QED) is 0.846. The van der Waals surface area contributed by atoms with Gasteiger partial charge in [0.1, 0.15) is 0 Å². The van der Waals surface area contributed by atoms with Crippen LogP contribution in [0.25, 0.3) is 0 Å². The summed E-state index contributed by atoms with van der Waals surface area (Å²) in [5.74, 6) is 0. The van der Waals surface area contributed by atoms with Crippen LogP contribution in [0.4, 0.5) is 0 Å². The summed E-state index contributed by atoms with van der Waals surface area (Å²) < 4.78 is 6.44. The van der Waals surface area contributed by atoms with Crippen molar-refractivity contribution >= 4 is 8.32 Å². The van der Waals surface area contributed by atoms with Crippen LogP contribution in [0.1, 0.15) is 31.7 Å². The summed E-state index contributed by atoms with van der Waals surface area (Å²) in [4.78, 5) is 0. The second-order valence-corrected chi connectivity index (χ2v) is 9.75. The minimum absolute atomic E-state index is 0.288. The van der Waals surface area contributed by atoms with Crippen molar-refractivity contribution in [3.05, 3.63) is 35.9 Å². The van der Waals surface area contributed by atoms with E-state index in [9.17, 15) is 0 Å². The third-order valence-electron chi connectivity index (χ3n) is 4.17. The van der Waals surface area contributed by atoms with E-state index in [1.807, 2.05) is 0 Å². The molecule has 1 heterocycles. The van der Waals surface area contributed by atoms with Gasteiger partial charge in [-0.25, -0.2) is 0 Å². The minimum Gasteiger partial charge on any atom is -0.412 e. The van der Waals surface area contributed by atoms with Crippen molar-refractivity contribution in [2.45, 2.75) is 57.0 Å². The van der Waals surface area contributed by atoms with Crippen LogP contribution in [0.15, 0.2) is 30.3 Å². The number of hydrogen-bond donors (Lipinski definition) is 1. The second kappa shape index (κ2) is 6.00. The van der Waals surface area contributed by atoms with Crippen molar-refractivity contribution in [3.8, 4) is 0 Å². The van der Waals surface area contributed by atoms with Gasteiger partial charge in [0.2, 0.25) is 8.32 Å². The van der Waals surface area contributed by atoms with Gasteiger partial charge < -0.3 is 10.2 Å². The van der Waals surface area contributed by atoms with Gasteiger partial charge in [-0.15, -0.1) is 0 Å². The highest BCUT2D eigenvalue weighted by Crippen LogP contribution is 2.30. The third-order valence-corrected chi connectivity index (χ3v) is 8.36. The SMILES string of the molecule is CCC(N)[Si]1(C)CCCC(Cc2ccccc2)O1. The Balaban J connectivity index is 1.99. The van der Waals surface area contributed by atoms with Gasteiger partial charge in [0.25, 0.3) is 0 Å². The smallest absolute Gasteiger partial charge is 0.206 e. The molecule has 0 spiro atoms. The molecule has 0 aromatic heterocycles. The van der Waals surface area contributed by atoms with Crippen molar-refractivity contribution in [3.63, 3.8) is 0 Å². The molecule has 0 bridgehead atoms. The Morgan fingerprint density at radius 3 is 2.78 bits per heavy atom. The fourth-order valence-electron chi connectivity index (χ4n) is 2.90. The van der Waals surface area contributed by atoms with Crippen LogP contribution in [0.5, 0.6) is 0 Å². The van der Waals surface area contributed by atoms with E-state index in [4.69, 9.17) is 10.2 Å². The number of rotatable bonds is 4. The first-order valence-electron chi connectivity index (χ1n) is 7.11. The van der Waals surface area contributed by atoms with Gasteiger partial charge in [-0.2, -0.15) is 0 Å². The first kappa shape index (κ1) is 13.8. The fourth-order valence-corrected chi connectivity index (χ4v) is 6.30. The van der Waals surface area contributed by atoms with Crippen molar-refractivity contribution in [1.29, 1.82) is 0 Å². The molecule has 0 amide bonds. The number of nitrogens with two attached hydrogens (primary N) is 1. The lowest BCUT2D eigenvalue weighted by atomic mass is 10.0. The van der Waals surface area contributed by atoms with E-state index in [2.05, 4.69) is 43.8 Å². The van der Waals surface area contributed by atoms with Gasteiger partial charge in [-0.3, -0.25) is 0 Å². The maximum absolute atomic E-state index is 6.44. The van der Waals surface area contributed by atoms with Gasteiger partial charge in [-0.05, 0) is 37.4 Å². The Morgan fingerprint density at radius 2 is 2.11 bits per heavy atom. The molecule has 100 valence electrons. The summed E-state index contributed by atoms with van der Waals surface area (Å²) >= 11 is 0. The molecule has 1 aromatic rings. The highest BCUT2D eigenvalue weighted by atomic mass is 28.4. The summed E-state index contributed by atoms with van der Waals surface area (Å²) in [7, 11) is -1.68. The van der Waals surface area contributed by atoms with E-state index in [1.54, 1.807) is 0 Å². The molecule has 3 unspecified atom stereocenters. The molecule has 3 heteroatoms. The summed E-state index contributed by atoms with van der Waals surface area (Å²) in [6, 6.07) is 11.9. The highest BCUT2D eigenvalue weighted by Gasteiger charge is 2.40. The molecule has 3 atom stereocenters. The molecule has 18 heavy (non-hydrogen) atoms. The van der Waals surface area contributed by atoms with Crippen LogP contribution < -0.4 is 5.73 Å². The molecule has 1 aliphatic heterocycles. The molecule has 2 N–H and O–H groups in total. The van der Waals surface area contributed by atoms with Crippen LogP contribution in [-0.2, 0) is 10.8 Å². The highest BCUT2D eigenvalue weighted by molar-refractivity contribution is 6.74. The van der Waals surface area contributed by atoms with Crippen molar-refractivity contribution in [2.75, 3.05) is 0 Å². The van der Waals surface area contributed by atoms with E-state index in [0.717, 1.165) is 12.8 Å². The normalized spacial score (nSPS) is 30.1. The Labute approximate surface area is 112 Å². The zero-order valence-corrected chi connectivity index (χ0v) is 12.6. The molecule has 2 nitrogen and oxygen atoms in total. The zero-order valence-electron chi connectivity index (χ0n) is 11.6. The van der Waals surface area contributed by atoms with E-state index < -0.39 is 8.32 Å². The summed E-state index contributed by atoms with van der Waals surface area (Å²) in [6.45, 7) is 4.49. The lowest BCUT2D eigenvalue weighted by Gasteiger charge is -2.40. The third kappa shape index (κ3) is 3.22. The monoisotopic (exact) mass is 263 g/mol. The zero-order chi connectivity index (χ0) is 13.0. The summed E-state index contributed by atoms with van der Waals surface area (Å²) in [6.07, 6.45) is 4.94. The van der Waals surface area contributed by atoms with Crippen LogP contribution in [0, 0.1) is 0 Å². The largest absolute Gasteiger partial charge is 0.412 e. The first-order valence-corrected chi connectivity index (χ1v) is 9.80. The standard InChI is InChI=1S/C15H25NOSi/c1-3-15(16)18(2)11-7-10-14(17-18)12-13-8-5-4-6-9-13/h4-6,8-9,14-15H,3,7,10-12,16H2,1-2H3. The summed E-state index contributed by atoms with van der Waals surface area (Å²) in [5, 5.41) is 0. The Bertz CT molecular complexity index is 370. The van der Waals surface area contributed by atoms with E-state index >= 15 is 0 Å². The second-order valence-electron chi connectivity index (χ2n) is 5.65. The molecule has 2 rings (SSSR count). The molecular weight excluding hydrogens is 238 g/mol. The van der Waals surface area contributed by atoms with Crippen molar-refractivity contribution in [1.82, 2.24) is 0 Å². The number of hydrogen-bond acceptors (Lipinski definition) is 2. The first-order chi connectivity index (χ1) is 8.64. The molecule has 0 radical (unpaired) electrons. The van der Waals surface area contributed by atoms with E-state index in [0.29, 0.717) is 6.10 Å². The number of benzene rings is 1. The Morgan fingerprint density at radius 1 is 1.39 bits per heavy atom. The topological polar surface area (TPSA) is 35.2 Å². The molecule has 1 aromatic carbocycles. The van der Waals surface area contributed by atoms with Gasteiger partial charge in [-0.1, -0.05) is 43.7 Å². The molecule has 1 fully saturated rings. The maximum Gasteiger partial charge on any atom is 0.206 e. The Hall–Kier alpha value is -0.643. The molecule has 0 aliphatic carbocycles. The van der Waals surface area contributed by atoms with Crippen LogP contribution >= 0.6 is 0 Å². The molecule has 1 saturated heterocycles. The van der Waals surface area contributed by atoms with Gasteiger partial charge in [0, 0.05) is 11.8 Å². The molecular formula is C15H25NOSi. The van der Waals surface area contributed by atoms with Gasteiger partial charge in [0.15, 0.2) is 0 Å². The van der Waals surface area contributed by atoms with Gasteiger partial charge >= 0.3 is 0 Å². The van der Waals surface area contributed by atoms with Gasteiger partial charge in [0.05, 0.1) is 0 Å². The van der Waals surface area contributed by atoms with E-state index in [-0.39, 0.29) is 5.67 Å². The lowest BCUT2D eigenvalue weighted by Crippen LogP contribution is -2.56. The Kier molecular flexibility index (Phi) is 4.59. The average molecular weight is 263 g/mol. The predicted molar refractivity (Wildman–Crippen MR) is 78.9 cm³/mol.